The summed E-state index contributed by atoms with van der Waals surface area (Å²) in [5, 5.41) is 3.63. The van der Waals surface area contributed by atoms with Crippen LogP contribution in [0.4, 0.5) is 0 Å². The topological polar surface area (TPSA) is 38.0 Å². The summed E-state index contributed by atoms with van der Waals surface area (Å²) in [7, 11) is 0. The highest BCUT2D eigenvalue weighted by atomic mass is 14.9. The molecule has 2 heteroatoms. The van der Waals surface area contributed by atoms with Gasteiger partial charge in [-0.3, -0.25) is 0 Å². The van der Waals surface area contributed by atoms with Crippen molar-refractivity contribution in [1.82, 2.24) is 5.32 Å². The fourth-order valence-corrected chi connectivity index (χ4v) is 2.78. The molecule has 2 nitrogen and oxygen atoms in total. The Balaban J connectivity index is 1.77. The van der Waals surface area contributed by atoms with Crippen molar-refractivity contribution < 1.29 is 0 Å². The van der Waals surface area contributed by atoms with Crippen molar-refractivity contribution in [1.29, 1.82) is 0 Å². The smallest absolute Gasteiger partial charge is 0.0577 e. The van der Waals surface area contributed by atoms with Crippen LogP contribution < -0.4 is 11.1 Å². The van der Waals surface area contributed by atoms with Crippen LogP contribution in [-0.2, 0) is 0 Å². The van der Waals surface area contributed by atoms with Crippen molar-refractivity contribution in [3.05, 3.63) is 108 Å². The van der Waals surface area contributed by atoms with Crippen LogP contribution in [-0.4, -0.2) is 6.54 Å². The van der Waals surface area contributed by atoms with Gasteiger partial charge in [-0.15, -0.1) is 0 Å². The minimum absolute atomic E-state index is 0.0221. The summed E-state index contributed by atoms with van der Waals surface area (Å²) in [4.78, 5) is 0. The molecule has 0 saturated heterocycles. The van der Waals surface area contributed by atoms with Crippen LogP contribution in [0.2, 0.25) is 0 Å². The van der Waals surface area contributed by atoms with Crippen LogP contribution in [0.1, 0.15) is 28.8 Å². The van der Waals surface area contributed by atoms with E-state index in [1.165, 1.54) is 11.1 Å². The largest absolute Gasteiger partial charge is 0.323 e. The second-order valence-electron chi connectivity index (χ2n) is 5.68. The molecule has 3 aromatic rings. The van der Waals surface area contributed by atoms with Gasteiger partial charge in [0.05, 0.1) is 6.04 Å². The van der Waals surface area contributed by atoms with Gasteiger partial charge >= 0.3 is 0 Å². The second-order valence-corrected chi connectivity index (χ2v) is 5.68. The minimum Gasteiger partial charge on any atom is -0.323 e. The van der Waals surface area contributed by atoms with Gasteiger partial charge in [0, 0.05) is 12.6 Å². The molecule has 1 atom stereocenters. The molecule has 0 bridgehead atoms. The van der Waals surface area contributed by atoms with Crippen molar-refractivity contribution in [2.24, 2.45) is 5.73 Å². The van der Waals surface area contributed by atoms with Crippen LogP contribution in [0.15, 0.2) is 91.0 Å². The Morgan fingerprint density at radius 2 is 1.00 bits per heavy atom. The fraction of sp³-hybridized carbons (Fsp3) is 0.143. The number of hydrogen-bond acceptors (Lipinski definition) is 2. The van der Waals surface area contributed by atoms with Gasteiger partial charge in [0.2, 0.25) is 0 Å². The Morgan fingerprint density at radius 1 is 0.609 bits per heavy atom. The summed E-state index contributed by atoms with van der Waals surface area (Å²) < 4.78 is 0. The van der Waals surface area contributed by atoms with E-state index in [1.807, 2.05) is 30.3 Å². The van der Waals surface area contributed by atoms with Gasteiger partial charge in [-0.05, 0) is 16.7 Å². The molecule has 116 valence electrons. The summed E-state index contributed by atoms with van der Waals surface area (Å²) in [6, 6.07) is 31.3. The average Bonchev–Trinajstić information content (AvgIpc) is 2.64. The molecule has 0 spiro atoms. The van der Waals surface area contributed by atoms with E-state index in [-0.39, 0.29) is 12.1 Å². The number of nitrogens with one attached hydrogen (secondary N) is 1. The summed E-state index contributed by atoms with van der Waals surface area (Å²) >= 11 is 0. The van der Waals surface area contributed by atoms with Crippen LogP contribution in [0.3, 0.4) is 0 Å². The Hall–Kier alpha value is -2.42. The predicted molar refractivity (Wildman–Crippen MR) is 96.1 cm³/mol. The molecule has 3 rings (SSSR count). The predicted octanol–water partition coefficient (Wildman–Crippen LogP) is 4.07. The highest BCUT2D eigenvalue weighted by Crippen LogP contribution is 2.22. The van der Waals surface area contributed by atoms with Crippen molar-refractivity contribution in [3.8, 4) is 0 Å². The number of benzene rings is 3. The van der Waals surface area contributed by atoms with Gasteiger partial charge in [0.25, 0.3) is 0 Å². The van der Waals surface area contributed by atoms with Gasteiger partial charge in [-0.2, -0.15) is 0 Å². The van der Waals surface area contributed by atoms with Gasteiger partial charge < -0.3 is 11.1 Å². The van der Waals surface area contributed by atoms with Crippen LogP contribution in [0, 0.1) is 0 Å². The van der Waals surface area contributed by atoms with E-state index in [0.29, 0.717) is 0 Å². The molecule has 0 heterocycles. The van der Waals surface area contributed by atoms with E-state index in [1.54, 1.807) is 0 Å². The Labute approximate surface area is 138 Å². The normalized spacial score (nSPS) is 12.3. The van der Waals surface area contributed by atoms with Crippen molar-refractivity contribution in [2.45, 2.75) is 12.1 Å². The first-order valence-electron chi connectivity index (χ1n) is 7.98. The third-order valence-electron chi connectivity index (χ3n) is 4.04. The van der Waals surface area contributed by atoms with Crippen molar-refractivity contribution >= 4 is 0 Å². The molecule has 3 aromatic carbocycles. The Bertz CT molecular complexity index is 656. The average molecular weight is 302 g/mol. The van der Waals surface area contributed by atoms with Gasteiger partial charge in [-0.1, -0.05) is 91.0 Å². The lowest BCUT2D eigenvalue weighted by Crippen LogP contribution is -2.30. The van der Waals surface area contributed by atoms with Gasteiger partial charge in [0.1, 0.15) is 0 Å². The molecule has 0 amide bonds. The standard InChI is InChI=1S/C21H22N2/c22-20(17-10-4-1-5-11-17)16-23-21(18-12-6-2-7-13-18)19-14-8-3-9-15-19/h1-15,20-21,23H,16,22H2/t20-/m0/s1. The Kier molecular flexibility index (Phi) is 5.20. The lowest BCUT2D eigenvalue weighted by Gasteiger charge is -2.22. The van der Waals surface area contributed by atoms with E-state index >= 15 is 0 Å². The van der Waals surface area contributed by atoms with Gasteiger partial charge in [0.15, 0.2) is 0 Å². The third-order valence-corrected chi connectivity index (χ3v) is 4.04. The molecule has 0 aliphatic rings. The summed E-state index contributed by atoms with van der Waals surface area (Å²) in [6.45, 7) is 0.721. The maximum Gasteiger partial charge on any atom is 0.0577 e. The molecule has 0 aromatic heterocycles. The maximum absolute atomic E-state index is 6.34. The first-order chi connectivity index (χ1) is 11.3. The quantitative estimate of drug-likeness (QED) is 0.720. The van der Waals surface area contributed by atoms with Crippen LogP contribution >= 0.6 is 0 Å². The zero-order valence-corrected chi connectivity index (χ0v) is 13.1. The Morgan fingerprint density at radius 3 is 1.43 bits per heavy atom. The monoisotopic (exact) mass is 302 g/mol. The molecule has 0 fully saturated rings. The van der Waals surface area contributed by atoms with Crippen molar-refractivity contribution in [3.63, 3.8) is 0 Å². The van der Waals surface area contributed by atoms with Crippen LogP contribution in [0.5, 0.6) is 0 Å². The number of hydrogen-bond donors (Lipinski definition) is 2. The lowest BCUT2D eigenvalue weighted by atomic mass is 9.98. The molecular formula is C21H22N2. The highest BCUT2D eigenvalue weighted by Gasteiger charge is 2.15. The summed E-state index contributed by atoms with van der Waals surface area (Å²) in [5.74, 6) is 0. The molecule has 3 N–H and O–H groups in total. The van der Waals surface area contributed by atoms with E-state index in [2.05, 4.69) is 66.0 Å². The van der Waals surface area contributed by atoms with E-state index < -0.39 is 0 Å². The fourth-order valence-electron chi connectivity index (χ4n) is 2.78. The first kappa shape index (κ1) is 15.5. The number of nitrogens with two attached hydrogens (primary N) is 1. The SMILES string of the molecule is N[C@@H](CNC(c1ccccc1)c1ccccc1)c1ccccc1. The lowest BCUT2D eigenvalue weighted by molar-refractivity contribution is 0.548. The first-order valence-corrected chi connectivity index (χ1v) is 7.98. The highest BCUT2D eigenvalue weighted by molar-refractivity contribution is 5.31. The molecular weight excluding hydrogens is 280 g/mol. The molecule has 0 unspecified atom stereocenters. The van der Waals surface area contributed by atoms with E-state index in [4.69, 9.17) is 5.73 Å². The maximum atomic E-state index is 6.34. The zero-order valence-electron chi connectivity index (χ0n) is 13.1. The number of rotatable bonds is 6. The summed E-state index contributed by atoms with van der Waals surface area (Å²) in [6.07, 6.45) is 0. The molecule has 0 radical (unpaired) electrons. The molecule has 0 saturated carbocycles. The van der Waals surface area contributed by atoms with Crippen molar-refractivity contribution in [2.75, 3.05) is 6.54 Å². The molecule has 23 heavy (non-hydrogen) atoms. The summed E-state index contributed by atoms with van der Waals surface area (Å²) in [5.41, 5.74) is 9.99. The second kappa shape index (κ2) is 7.73. The van der Waals surface area contributed by atoms with Gasteiger partial charge in [-0.25, -0.2) is 0 Å². The molecule has 0 aliphatic heterocycles. The third kappa shape index (κ3) is 4.07. The zero-order chi connectivity index (χ0) is 15.9. The van der Waals surface area contributed by atoms with E-state index in [0.717, 1.165) is 12.1 Å². The minimum atomic E-state index is -0.0221. The van der Waals surface area contributed by atoms with E-state index in [9.17, 15) is 0 Å². The molecule has 0 aliphatic carbocycles. The van der Waals surface area contributed by atoms with Crippen LogP contribution in [0.25, 0.3) is 0 Å².